The highest BCUT2D eigenvalue weighted by atomic mass is 79.9. The lowest BCUT2D eigenvalue weighted by molar-refractivity contribution is -0.140. The summed E-state index contributed by atoms with van der Waals surface area (Å²) in [5.74, 6) is -1.94. The van der Waals surface area contributed by atoms with Gasteiger partial charge in [0.05, 0.1) is 5.56 Å². The minimum absolute atomic E-state index is 0.112. The number of hydrogen-bond donors (Lipinski definition) is 1. The van der Waals surface area contributed by atoms with Gasteiger partial charge in [0.1, 0.15) is 5.82 Å². The molecule has 0 aromatic heterocycles. The Morgan fingerprint density at radius 3 is 2.40 bits per heavy atom. The van der Waals surface area contributed by atoms with Crippen LogP contribution in [-0.4, -0.2) is 17.3 Å². The van der Waals surface area contributed by atoms with Gasteiger partial charge in [-0.3, -0.25) is 4.79 Å². The zero-order chi connectivity index (χ0) is 15.5. The van der Waals surface area contributed by atoms with Crippen molar-refractivity contribution >= 4 is 21.8 Å². The van der Waals surface area contributed by atoms with Crippen LogP contribution in [0.1, 0.15) is 29.8 Å². The van der Waals surface area contributed by atoms with Crippen LogP contribution in [0.2, 0.25) is 0 Å². The Morgan fingerprint density at radius 2 is 1.95 bits per heavy atom. The summed E-state index contributed by atoms with van der Waals surface area (Å²) in [7, 11) is 0. The van der Waals surface area contributed by atoms with Crippen molar-refractivity contribution < 1.29 is 22.4 Å². The van der Waals surface area contributed by atoms with Crippen molar-refractivity contribution in [2.75, 3.05) is 5.33 Å². The number of benzene rings is 1. The van der Waals surface area contributed by atoms with Crippen molar-refractivity contribution in [2.45, 2.75) is 26.1 Å². The molecule has 0 aliphatic heterocycles. The quantitative estimate of drug-likeness (QED) is 0.642. The molecule has 0 radical (unpaired) electrons. The van der Waals surface area contributed by atoms with E-state index in [0.29, 0.717) is 17.5 Å². The van der Waals surface area contributed by atoms with Crippen LogP contribution in [0.3, 0.4) is 0 Å². The predicted molar refractivity (Wildman–Crippen MR) is 71.3 cm³/mol. The second kappa shape index (κ2) is 6.56. The van der Waals surface area contributed by atoms with Gasteiger partial charge in [0.15, 0.2) is 0 Å². The molecular formula is C13H14BrF4NO. The molecule has 20 heavy (non-hydrogen) atoms. The molecule has 1 rings (SSSR count). The number of rotatable bonds is 4. The van der Waals surface area contributed by atoms with Gasteiger partial charge in [0.25, 0.3) is 5.91 Å². The number of alkyl halides is 4. The molecule has 0 aliphatic rings. The number of nitrogens with one attached hydrogen (secondary N) is 1. The van der Waals surface area contributed by atoms with Crippen LogP contribution < -0.4 is 5.32 Å². The Kier molecular flexibility index (Phi) is 5.56. The van der Waals surface area contributed by atoms with E-state index in [0.717, 1.165) is 6.07 Å². The molecule has 1 amide bonds. The molecular weight excluding hydrogens is 342 g/mol. The predicted octanol–water partition coefficient (Wildman–Crippen LogP) is 3.99. The first kappa shape index (κ1) is 16.9. The first-order valence-electron chi connectivity index (χ1n) is 5.90. The van der Waals surface area contributed by atoms with Crippen molar-refractivity contribution in [1.29, 1.82) is 0 Å². The van der Waals surface area contributed by atoms with Gasteiger partial charge < -0.3 is 5.32 Å². The zero-order valence-corrected chi connectivity index (χ0v) is 12.5. The average molecular weight is 356 g/mol. The van der Waals surface area contributed by atoms with Gasteiger partial charge in [0.2, 0.25) is 0 Å². The molecule has 0 fully saturated rings. The van der Waals surface area contributed by atoms with Gasteiger partial charge in [-0.15, -0.1) is 0 Å². The van der Waals surface area contributed by atoms with E-state index in [2.05, 4.69) is 21.2 Å². The molecule has 0 saturated heterocycles. The molecule has 112 valence electrons. The molecule has 1 N–H and O–H groups in total. The van der Waals surface area contributed by atoms with E-state index in [1.54, 1.807) is 0 Å². The number of carbonyl (C=O) groups excluding carboxylic acids is 1. The summed E-state index contributed by atoms with van der Waals surface area (Å²) in [4.78, 5) is 11.9. The SMILES string of the molecule is CC(C)C(CBr)NC(=O)c1ccc(F)c(C(F)(F)F)c1. The number of carbonyl (C=O) groups is 1. The zero-order valence-electron chi connectivity index (χ0n) is 10.9. The molecule has 1 atom stereocenters. The lowest BCUT2D eigenvalue weighted by Crippen LogP contribution is -2.39. The molecule has 0 aliphatic carbocycles. The van der Waals surface area contributed by atoms with Crippen LogP contribution in [-0.2, 0) is 6.18 Å². The van der Waals surface area contributed by atoms with Gasteiger partial charge in [-0.05, 0) is 24.1 Å². The Bertz CT molecular complexity index is 488. The summed E-state index contributed by atoms with van der Waals surface area (Å²) in [6.45, 7) is 3.75. The van der Waals surface area contributed by atoms with Crippen LogP contribution in [0.5, 0.6) is 0 Å². The smallest absolute Gasteiger partial charge is 0.348 e. The lowest BCUT2D eigenvalue weighted by atomic mass is 10.0. The molecule has 0 bridgehead atoms. The van der Waals surface area contributed by atoms with Crippen molar-refractivity contribution in [1.82, 2.24) is 5.32 Å². The van der Waals surface area contributed by atoms with Crippen LogP contribution in [0.25, 0.3) is 0 Å². The highest BCUT2D eigenvalue weighted by Crippen LogP contribution is 2.31. The minimum atomic E-state index is -4.83. The average Bonchev–Trinajstić information content (AvgIpc) is 2.34. The summed E-state index contributed by atoms with van der Waals surface area (Å²) < 4.78 is 50.8. The largest absolute Gasteiger partial charge is 0.419 e. The molecule has 1 aromatic rings. The topological polar surface area (TPSA) is 29.1 Å². The van der Waals surface area contributed by atoms with E-state index in [-0.39, 0.29) is 17.5 Å². The molecule has 0 heterocycles. The molecule has 7 heteroatoms. The van der Waals surface area contributed by atoms with Crippen molar-refractivity contribution in [3.05, 3.63) is 35.1 Å². The Hall–Kier alpha value is -1.11. The summed E-state index contributed by atoms with van der Waals surface area (Å²) in [6.07, 6.45) is -4.83. The normalized spacial score (nSPS) is 13.4. The summed E-state index contributed by atoms with van der Waals surface area (Å²) in [5, 5.41) is 3.08. The van der Waals surface area contributed by atoms with E-state index in [1.165, 1.54) is 0 Å². The highest BCUT2D eigenvalue weighted by Gasteiger charge is 2.34. The van der Waals surface area contributed by atoms with E-state index in [1.807, 2.05) is 13.8 Å². The molecule has 0 saturated carbocycles. The second-order valence-electron chi connectivity index (χ2n) is 4.67. The number of hydrogen-bond acceptors (Lipinski definition) is 1. The van der Waals surface area contributed by atoms with E-state index >= 15 is 0 Å². The van der Waals surface area contributed by atoms with Crippen molar-refractivity contribution in [3.63, 3.8) is 0 Å². The monoisotopic (exact) mass is 355 g/mol. The van der Waals surface area contributed by atoms with Gasteiger partial charge >= 0.3 is 6.18 Å². The maximum Gasteiger partial charge on any atom is 0.419 e. The van der Waals surface area contributed by atoms with Crippen LogP contribution in [0, 0.1) is 11.7 Å². The molecule has 1 unspecified atom stereocenters. The third-order valence-corrected chi connectivity index (χ3v) is 3.52. The number of halogens is 5. The third kappa shape index (κ3) is 4.19. The van der Waals surface area contributed by atoms with Gasteiger partial charge in [-0.25, -0.2) is 4.39 Å². The maximum absolute atomic E-state index is 13.1. The first-order chi connectivity index (χ1) is 9.16. The van der Waals surface area contributed by atoms with E-state index < -0.39 is 23.5 Å². The van der Waals surface area contributed by atoms with E-state index in [9.17, 15) is 22.4 Å². The number of amides is 1. The first-order valence-corrected chi connectivity index (χ1v) is 7.02. The van der Waals surface area contributed by atoms with E-state index in [4.69, 9.17) is 0 Å². The van der Waals surface area contributed by atoms with Crippen LogP contribution in [0.4, 0.5) is 17.6 Å². The Morgan fingerprint density at radius 1 is 1.35 bits per heavy atom. The summed E-state index contributed by atoms with van der Waals surface area (Å²) in [5.41, 5.74) is -1.66. The summed E-state index contributed by atoms with van der Waals surface area (Å²) in [6, 6.07) is 1.99. The van der Waals surface area contributed by atoms with Crippen molar-refractivity contribution in [3.8, 4) is 0 Å². The van der Waals surface area contributed by atoms with Gasteiger partial charge in [0, 0.05) is 16.9 Å². The minimum Gasteiger partial charge on any atom is -0.348 e. The standard InChI is InChI=1S/C13H14BrF4NO/c1-7(2)11(6-14)19-12(20)8-3-4-10(15)9(5-8)13(16,17)18/h3-5,7,11H,6H2,1-2H3,(H,19,20). The van der Waals surface area contributed by atoms with Crippen LogP contribution >= 0.6 is 15.9 Å². The van der Waals surface area contributed by atoms with Gasteiger partial charge in [-0.1, -0.05) is 29.8 Å². The third-order valence-electron chi connectivity index (χ3n) is 2.82. The fourth-order valence-electron chi connectivity index (χ4n) is 1.52. The maximum atomic E-state index is 13.1. The second-order valence-corrected chi connectivity index (χ2v) is 5.32. The fraction of sp³-hybridized carbons (Fsp3) is 0.462. The van der Waals surface area contributed by atoms with Crippen molar-refractivity contribution in [2.24, 2.45) is 5.92 Å². The molecule has 1 aromatic carbocycles. The van der Waals surface area contributed by atoms with Gasteiger partial charge in [-0.2, -0.15) is 13.2 Å². The highest BCUT2D eigenvalue weighted by molar-refractivity contribution is 9.09. The lowest BCUT2D eigenvalue weighted by Gasteiger charge is -2.20. The molecule has 2 nitrogen and oxygen atoms in total. The fourth-order valence-corrected chi connectivity index (χ4v) is 2.43. The Balaban J connectivity index is 3.00. The Labute approximate surface area is 122 Å². The molecule has 0 spiro atoms. The van der Waals surface area contributed by atoms with Crippen LogP contribution in [0.15, 0.2) is 18.2 Å². The summed E-state index contributed by atoms with van der Waals surface area (Å²) >= 11 is 3.22.